The van der Waals surface area contributed by atoms with Crippen molar-refractivity contribution in [1.82, 2.24) is 0 Å². The number of carbonyl (C=O) groups excluding carboxylic acids is 1. The maximum atomic E-state index is 12.2. The van der Waals surface area contributed by atoms with Gasteiger partial charge in [-0.2, -0.15) is 0 Å². The zero-order valence-corrected chi connectivity index (χ0v) is 12.9. The van der Waals surface area contributed by atoms with Gasteiger partial charge in [0.1, 0.15) is 5.75 Å². The van der Waals surface area contributed by atoms with Crippen molar-refractivity contribution in [2.24, 2.45) is 0 Å². The Morgan fingerprint density at radius 1 is 1.19 bits per heavy atom. The summed E-state index contributed by atoms with van der Waals surface area (Å²) in [5.74, 6) is 1.11. The van der Waals surface area contributed by atoms with Crippen molar-refractivity contribution >= 4 is 23.2 Å². The highest BCUT2D eigenvalue weighted by molar-refractivity contribution is 6.17. The van der Waals surface area contributed by atoms with E-state index in [2.05, 4.69) is 5.32 Å². The summed E-state index contributed by atoms with van der Waals surface area (Å²) >= 11 is 5.74. The van der Waals surface area contributed by atoms with Gasteiger partial charge >= 0.3 is 0 Å². The van der Waals surface area contributed by atoms with Crippen molar-refractivity contribution in [2.75, 3.05) is 11.9 Å². The van der Waals surface area contributed by atoms with E-state index in [1.54, 1.807) is 12.1 Å². The molecule has 0 bridgehead atoms. The van der Waals surface area contributed by atoms with E-state index < -0.39 is 0 Å². The molecular weight excluding hydrogens is 286 g/mol. The van der Waals surface area contributed by atoms with E-state index in [0.29, 0.717) is 18.1 Å². The Kier molecular flexibility index (Phi) is 5.23. The smallest absolute Gasteiger partial charge is 0.255 e. The molecule has 0 spiro atoms. The van der Waals surface area contributed by atoms with E-state index >= 15 is 0 Å². The molecule has 110 valence electrons. The van der Waals surface area contributed by atoms with E-state index in [1.807, 2.05) is 44.2 Å². The number of aryl methyl sites for hydroxylation is 1. The lowest BCUT2D eigenvalue weighted by Gasteiger charge is -2.11. The van der Waals surface area contributed by atoms with Crippen LogP contribution in [0.15, 0.2) is 42.5 Å². The summed E-state index contributed by atoms with van der Waals surface area (Å²) in [6, 6.07) is 12.9. The van der Waals surface area contributed by atoms with Crippen molar-refractivity contribution in [3.05, 3.63) is 59.2 Å². The van der Waals surface area contributed by atoms with Crippen LogP contribution in [0.1, 0.15) is 28.4 Å². The third kappa shape index (κ3) is 3.99. The second-order valence-corrected chi connectivity index (χ2v) is 4.96. The first-order valence-corrected chi connectivity index (χ1v) is 7.37. The van der Waals surface area contributed by atoms with Crippen molar-refractivity contribution in [3.63, 3.8) is 0 Å². The van der Waals surface area contributed by atoms with Crippen molar-refractivity contribution in [2.45, 2.75) is 19.7 Å². The molecule has 21 heavy (non-hydrogen) atoms. The van der Waals surface area contributed by atoms with Crippen LogP contribution in [-0.4, -0.2) is 12.5 Å². The van der Waals surface area contributed by atoms with Gasteiger partial charge in [-0.15, -0.1) is 11.6 Å². The molecule has 0 aromatic heterocycles. The highest BCUT2D eigenvalue weighted by Crippen LogP contribution is 2.22. The minimum absolute atomic E-state index is 0.136. The van der Waals surface area contributed by atoms with Crippen molar-refractivity contribution < 1.29 is 9.53 Å². The van der Waals surface area contributed by atoms with Gasteiger partial charge in [0.2, 0.25) is 0 Å². The molecule has 0 aliphatic heterocycles. The zero-order chi connectivity index (χ0) is 15.2. The minimum atomic E-state index is -0.136. The van der Waals surface area contributed by atoms with Crippen molar-refractivity contribution in [3.8, 4) is 5.75 Å². The molecule has 0 atom stereocenters. The molecular formula is C17H18ClNO2. The monoisotopic (exact) mass is 303 g/mol. The molecule has 1 amide bonds. The van der Waals surface area contributed by atoms with Crippen LogP contribution in [-0.2, 0) is 5.88 Å². The fraction of sp³-hybridized carbons (Fsp3) is 0.235. The second kappa shape index (κ2) is 7.14. The number of rotatable bonds is 5. The number of carbonyl (C=O) groups is 1. The number of hydrogen-bond donors (Lipinski definition) is 1. The van der Waals surface area contributed by atoms with Crippen LogP contribution in [0.4, 0.5) is 5.69 Å². The number of alkyl halides is 1. The molecule has 0 fully saturated rings. The summed E-state index contributed by atoms with van der Waals surface area (Å²) in [7, 11) is 0. The first-order chi connectivity index (χ1) is 10.1. The Labute approximate surface area is 129 Å². The van der Waals surface area contributed by atoms with E-state index in [-0.39, 0.29) is 5.91 Å². The van der Waals surface area contributed by atoms with Crippen LogP contribution in [0, 0.1) is 6.92 Å². The van der Waals surface area contributed by atoms with Crippen LogP contribution in [0.3, 0.4) is 0 Å². The van der Waals surface area contributed by atoms with Gasteiger partial charge in [0.15, 0.2) is 0 Å². The number of anilines is 1. The third-order valence-electron chi connectivity index (χ3n) is 3.13. The number of nitrogens with one attached hydrogen (secondary N) is 1. The molecule has 2 rings (SSSR count). The molecule has 0 aliphatic carbocycles. The SMILES string of the molecule is CCOc1ccc(NC(=O)c2ccc(CCl)cc2)c(C)c1. The second-order valence-electron chi connectivity index (χ2n) is 4.69. The lowest BCUT2D eigenvalue weighted by atomic mass is 10.1. The summed E-state index contributed by atoms with van der Waals surface area (Å²) in [6.07, 6.45) is 0. The first kappa shape index (κ1) is 15.4. The highest BCUT2D eigenvalue weighted by Gasteiger charge is 2.08. The predicted octanol–water partition coefficient (Wildman–Crippen LogP) is 4.38. The Bertz CT molecular complexity index is 623. The van der Waals surface area contributed by atoms with Gasteiger partial charge in [0, 0.05) is 17.1 Å². The third-order valence-corrected chi connectivity index (χ3v) is 3.44. The van der Waals surface area contributed by atoms with Crippen LogP contribution in [0.25, 0.3) is 0 Å². The van der Waals surface area contributed by atoms with Crippen LogP contribution in [0.5, 0.6) is 5.75 Å². The van der Waals surface area contributed by atoms with E-state index in [0.717, 1.165) is 22.6 Å². The van der Waals surface area contributed by atoms with Gasteiger partial charge in [-0.05, 0) is 55.3 Å². The topological polar surface area (TPSA) is 38.3 Å². The van der Waals surface area contributed by atoms with Crippen LogP contribution >= 0.6 is 11.6 Å². The molecule has 0 radical (unpaired) electrons. The summed E-state index contributed by atoms with van der Waals surface area (Å²) < 4.78 is 5.43. The Hall–Kier alpha value is -2.00. The van der Waals surface area contributed by atoms with Gasteiger partial charge in [-0.25, -0.2) is 0 Å². The lowest BCUT2D eigenvalue weighted by Crippen LogP contribution is -2.12. The quantitative estimate of drug-likeness (QED) is 0.832. The largest absolute Gasteiger partial charge is 0.494 e. The summed E-state index contributed by atoms with van der Waals surface area (Å²) in [5, 5.41) is 2.91. The molecule has 3 nitrogen and oxygen atoms in total. The maximum absolute atomic E-state index is 12.2. The van der Waals surface area contributed by atoms with Gasteiger partial charge in [-0.1, -0.05) is 12.1 Å². The number of benzene rings is 2. The number of hydrogen-bond acceptors (Lipinski definition) is 2. The standard InChI is InChI=1S/C17H18ClNO2/c1-3-21-15-8-9-16(12(2)10-15)19-17(20)14-6-4-13(11-18)5-7-14/h4-10H,3,11H2,1-2H3,(H,19,20). The molecule has 0 unspecified atom stereocenters. The number of halogens is 1. The molecule has 0 aliphatic rings. The summed E-state index contributed by atoms with van der Waals surface area (Å²) in [5.41, 5.74) is 3.35. The first-order valence-electron chi connectivity index (χ1n) is 6.83. The van der Waals surface area contributed by atoms with Gasteiger partial charge in [0.25, 0.3) is 5.91 Å². The van der Waals surface area contributed by atoms with E-state index in [1.165, 1.54) is 0 Å². The molecule has 0 heterocycles. The van der Waals surface area contributed by atoms with Gasteiger partial charge in [-0.3, -0.25) is 4.79 Å². The fourth-order valence-electron chi connectivity index (χ4n) is 1.97. The molecule has 4 heteroatoms. The average molecular weight is 304 g/mol. The maximum Gasteiger partial charge on any atom is 0.255 e. The van der Waals surface area contributed by atoms with E-state index in [9.17, 15) is 4.79 Å². The molecule has 0 saturated heterocycles. The minimum Gasteiger partial charge on any atom is -0.494 e. The number of ether oxygens (including phenoxy) is 1. The Morgan fingerprint density at radius 3 is 2.48 bits per heavy atom. The van der Waals surface area contributed by atoms with Gasteiger partial charge < -0.3 is 10.1 Å². The molecule has 2 aromatic rings. The average Bonchev–Trinajstić information content (AvgIpc) is 2.50. The molecule has 0 saturated carbocycles. The summed E-state index contributed by atoms with van der Waals surface area (Å²) in [6.45, 7) is 4.50. The van der Waals surface area contributed by atoms with Gasteiger partial charge in [0.05, 0.1) is 6.61 Å². The highest BCUT2D eigenvalue weighted by atomic mass is 35.5. The Balaban J connectivity index is 2.11. The summed E-state index contributed by atoms with van der Waals surface area (Å²) in [4.78, 5) is 12.2. The normalized spacial score (nSPS) is 10.2. The Morgan fingerprint density at radius 2 is 1.90 bits per heavy atom. The van der Waals surface area contributed by atoms with E-state index in [4.69, 9.17) is 16.3 Å². The van der Waals surface area contributed by atoms with Crippen molar-refractivity contribution in [1.29, 1.82) is 0 Å². The predicted molar refractivity (Wildman–Crippen MR) is 86.3 cm³/mol. The molecule has 2 aromatic carbocycles. The zero-order valence-electron chi connectivity index (χ0n) is 12.2. The fourth-order valence-corrected chi connectivity index (χ4v) is 2.15. The molecule has 1 N–H and O–H groups in total. The number of amides is 1. The lowest BCUT2D eigenvalue weighted by molar-refractivity contribution is 0.102. The van der Waals surface area contributed by atoms with Crippen LogP contribution < -0.4 is 10.1 Å². The van der Waals surface area contributed by atoms with Crippen LogP contribution in [0.2, 0.25) is 0 Å².